The van der Waals surface area contributed by atoms with Crippen LogP contribution in [0, 0.1) is 0 Å². The van der Waals surface area contributed by atoms with Gasteiger partial charge in [0.2, 0.25) is 0 Å². The SMILES string of the molecule is COc1ccc(NC(=O)COn2nnc3ccc(S(C)(=O)=O)cc32)cc1Cl. The maximum Gasteiger partial charge on any atom is 0.265 e. The number of anilines is 1. The molecule has 11 heteroatoms. The van der Waals surface area contributed by atoms with Gasteiger partial charge in [0.25, 0.3) is 5.91 Å². The van der Waals surface area contributed by atoms with Gasteiger partial charge in [0, 0.05) is 11.9 Å². The molecule has 2 aromatic carbocycles. The van der Waals surface area contributed by atoms with E-state index in [2.05, 4.69) is 15.6 Å². The Hall–Kier alpha value is -2.85. The summed E-state index contributed by atoms with van der Waals surface area (Å²) in [6.07, 6.45) is 1.09. The number of ether oxygens (including phenoxy) is 1. The number of aromatic nitrogens is 3. The Labute approximate surface area is 159 Å². The first-order chi connectivity index (χ1) is 12.8. The van der Waals surface area contributed by atoms with Gasteiger partial charge in [-0.15, -0.1) is 5.10 Å². The van der Waals surface area contributed by atoms with E-state index >= 15 is 0 Å². The predicted octanol–water partition coefficient (Wildman–Crippen LogP) is 1.56. The Balaban J connectivity index is 1.71. The zero-order chi connectivity index (χ0) is 19.6. The van der Waals surface area contributed by atoms with Crippen molar-refractivity contribution in [3.63, 3.8) is 0 Å². The normalized spacial score (nSPS) is 11.4. The van der Waals surface area contributed by atoms with Crippen molar-refractivity contribution >= 4 is 44.1 Å². The first kappa shape index (κ1) is 18.9. The first-order valence-corrected chi connectivity index (χ1v) is 9.87. The lowest BCUT2D eigenvalue weighted by Crippen LogP contribution is -2.26. The van der Waals surface area contributed by atoms with Gasteiger partial charge in [0.15, 0.2) is 16.4 Å². The Bertz CT molecular complexity index is 1110. The van der Waals surface area contributed by atoms with Crippen LogP contribution in [0.4, 0.5) is 5.69 Å². The average molecular weight is 411 g/mol. The van der Waals surface area contributed by atoms with Crippen LogP contribution in [-0.4, -0.2) is 49.5 Å². The summed E-state index contributed by atoms with van der Waals surface area (Å²) in [5, 5.41) is 10.6. The highest BCUT2D eigenvalue weighted by Gasteiger charge is 2.13. The molecule has 0 radical (unpaired) electrons. The van der Waals surface area contributed by atoms with Gasteiger partial charge in [0.1, 0.15) is 16.8 Å². The summed E-state index contributed by atoms with van der Waals surface area (Å²) in [6.45, 7) is -0.370. The van der Waals surface area contributed by atoms with Crippen LogP contribution in [0.2, 0.25) is 5.02 Å². The van der Waals surface area contributed by atoms with Crippen molar-refractivity contribution in [3.05, 3.63) is 41.4 Å². The molecule has 1 heterocycles. The topological polar surface area (TPSA) is 112 Å². The number of hydrogen-bond acceptors (Lipinski definition) is 7. The molecule has 3 rings (SSSR count). The van der Waals surface area contributed by atoms with E-state index in [1.165, 1.54) is 25.3 Å². The molecule has 0 spiro atoms. The van der Waals surface area contributed by atoms with Crippen molar-refractivity contribution in [2.24, 2.45) is 0 Å². The van der Waals surface area contributed by atoms with E-state index in [9.17, 15) is 13.2 Å². The molecule has 0 bridgehead atoms. The second-order valence-corrected chi connectivity index (χ2v) is 7.98. The average Bonchev–Trinajstić information content (AvgIpc) is 3.02. The van der Waals surface area contributed by atoms with Crippen LogP contribution in [-0.2, 0) is 14.6 Å². The van der Waals surface area contributed by atoms with Gasteiger partial charge in [-0.05, 0) is 41.6 Å². The third-order valence-corrected chi connectivity index (χ3v) is 4.97. The highest BCUT2D eigenvalue weighted by molar-refractivity contribution is 7.90. The van der Waals surface area contributed by atoms with E-state index in [1.54, 1.807) is 18.2 Å². The molecule has 0 saturated carbocycles. The second kappa shape index (κ2) is 7.41. The molecule has 0 unspecified atom stereocenters. The summed E-state index contributed by atoms with van der Waals surface area (Å²) in [7, 11) is -1.91. The van der Waals surface area contributed by atoms with Crippen LogP contribution in [0.3, 0.4) is 0 Å². The number of carbonyl (C=O) groups is 1. The van der Waals surface area contributed by atoms with E-state index in [4.69, 9.17) is 21.2 Å². The number of hydrogen-bond donors (Lipinski definition) is 1. The van der Waals surface area contributed by atoms with E-state index < -0.39 is 15.7 Å². The van der Waals surface area contributed by atoms with Gasteiger partial charge in [-0.2, -0.15) is 0 Å². The van der Waals surface area contributed by atoms with Crippen molar-refractivity contribution in [2.75, 3.05) is 25.3 Å². The smallest absolute Gasteiger partial charge is 0.265 e. The molecule has 0 atom stereocenters. The third-order valence-electron chi connectivity index (χ3n) is 3.57. The Kier molecular flexibility index (Phi) is 5.19. The van der Waals surface area contributed by atoms with Crippen LogP contribution >= 0.6 is 11.6 Å². The van der Waals surface area contributed by atoms with Crippen molar-refractivity contribution in [2.45, 2.75) is 4.90 Å². The summed E-state index contributed by atoms with van der Waals surface area (Å²) in [4.78, 5) is 18.5. The van der Waals surface area contributed by atoms with Gasteiger partial charge in [-0.25, -0.2) is 8.42 Å². The molecule has 0 aliphatic rings. The van der Waals surface area contributed by atoms with Crippen molar-refractivity contribution in [1.82, 2.24) is 15.2 Å². The number of rotatable bonds is 6. The predicted molar refractivity (Wildman–Crippen MR) is 98.7 cm³/mol. The van der Waals surface area contributed by atoms with Crippen LogP contribution in [0.15, 0.2) is 41.3 Å². The molecule has 27 heavy (non-hydrogen) atoms. The lowest BCUT2D eigenvalue weighted by atomic mass is 10.3. The van der Waals surface area contributed by atoms with E-state index in [1.807, 2.05) is 0 Å². The van der Waals surface area contributed by atoms with Crippen molar-refractivity contribution in [3.8, 4) is 5.75 Å². The zero-order valence-electron chi connectivity index (χ0n) is 14.3. The molecule has 1 amide bonds. The van der Waals surface area contributed by atoms with Gasteiger partial charge >= 0.3 is 0 Å². The third kappa shape index (κ3) is 4.29. The van der Waals surface area contributed by atoms with Crippen LogP contribution in [0.1, 0.15) is 0 Å². The molecule has 0 saturated heterocycles. The summed E-state index contributed by atoms with van der Waals surface area (Å²) in [5.74, 6) is 0.0285. The number of benzene rings is 2. The molecule has 1 N–H and O–H groups in total. The summed E-state index contributed by atoms with van der Waals surface area (Å²) < 4.78 is 28.4. The maximum atomic E-state index is 12.1. The van der Waals surface area contributed by atoms with E-state index in [0.717, 1.165) is 11.1 Å². The monoisotopic (exact) mass is 410 g/mol. The lowest BCUT2D eigenvalue weighted by Gasteiger charge is -2.09. The minimum absolute atomic E-state index is 0.0967. The number of sulfone groups is 1. The molecule has 1 aromatic heterocycles. The van der Waals surface area contributed by atoms with E-state index in [-0.39, 0.29) is 11.5 Å². The number of nitrogens with one attached hydrogen (secondary N) is 1. The largest absolute Gasteiger partial charge is 0.495 e. The fourth-order valence-electron chi connectivity index (χ4n) is 2.26. The van der Waals surface area contributed by atoms with Gasteiger partial charge in [-0.3, -0.25) is 4.79 Å². The molecular formula is C16H15ClN4O5S. The molecule has 0 fully saturated rings. The molecule has 0 aliphatic carbocycles. The van der Waals surface area contributed by atoms with Crippen LogP contribution in [0.25, 0.3) is 11.0 Å². The fourth-order valence-corrected chi connectivity index (χ4v) is 3.16. The standard InChI is InChI=1S/C16H15ClN4O5S/c1-25-15-6-3-10(7-12(15)17)18-16(22)9-26-21-14-8-11(27(2,23)24)4-5-13(14)19-20-21/h3-8H,9H2,1-2H3,(H,18,22). The second-order valence-electron chi connectivity index (χ2n) is 5.56. The number of methoxy groups -OCH3 is 1. The van der Waals surface area contributed by atoms with E-state index in [0.29, 0.717) is 27.5 Å². The molecule has 142 valence electrons. The minimum atomic E-state index is -3.40. The number of nitrogens with zero attached hydrogens (tertiary/aromatic N) is 3. The van der Waals surface area contributed by atoms with Gasteiger partial charge in [0.05, 0.1) is 17.0 Å². The number of halogens is 1. The number of fused-ring (bicyclic) bond motifs is 1. The highest BCUT2D eigenvalue weighted by Crippen LogP contribution is 2.27. The summed E-state index contributed by atoms with van der Waals surface area (Å²) >= 11 is 6.01. The lowest BCUT2D eigenvalue weighted by molar-refractivity contribution is -0.121. The summed E-state index contributed by atoms with van der Waals surface area (Å²) in [6, 6.07) is 9.12. The first-order valence-electron chi connectivity index (χ1n) is 7.60. The molecule has 0 aliphatic heterocycles. The highest BCUT2D eigenvalue weighted by atomic mass is 35.5. The van der Waals surface area contributed by atoms with Crippen LogP contribution in [0.5, 0.6) is 5.75 Å². The van der Waals surface area contributed by atoms with Crippen molar-refractivity contribution in [1.29, 1.82) is 0 Å². The van der Waals surface area contributed by atoms with Crippen molar-refractivity contribution < 1.29 is 22.8 Å². The zero-order valence-corrected chi connectivity index (χ0v) is 15.9. The van der Waals surface area contributed by atoms with Crippen LogP contribution < -0.4 is 14.9 Å². The number of amides is 1. The Morgan fingerprint density at radius 2 is 2.04 bits per heavy atom. The molecule has 9 nitrogen and oxygen atoms in total. The fraction of sp³-hybridized carbons (Fsp3) is 0.188. The number of carbonyl (C=O) groups excluding carboxylic acids is 1. The quantitative estimate of drug-likeness (QED) is 0.656. The Morgan fingerprint density at radius 3 is 2.70 bits per heavy atom. The van der Waals surface area contributed by atoms with Gasteiger partial charge < -0.3 is 14.9 Å². The summed E-state index contributed by atoms with van der Waals surface area (Å²) in [5.41, 5.74) is 1.24. The molecular weight excluding hydrogens is 396 g/mol. The molecule has 3 aromatic rings. The maximum absolute atomic E-state index is 12.1. The Morgan fingerprint density at radius 1 is 1.26 bits per heavy atom. The van der Waals surface area contributed by atoms with Gasteiger partial charge in [-0.1, -0.05) is 16.4 Å². The minimum Gasteiger partial charge on any atom is -0.495 e.